The van der Waals surface area contributed by atoms with Crippen molar-refractivity contribution in [1.82, 2.24) is 0 Å². The minimum Gasteiger partial charge on any atom is -0.549 e. The van der Waals surface area contributed by atoms with Crippen molar-refractivity contribution in [1.29, 1.82) is 0 Å². The van der Waals surface area contributed by atoms with Crippen molar-refractivity contribution in [2.24, 2.45) is 5.92 Å². The minimum atomic E-state index is -1.10. The first kappa shape index (κ1) is 24.2. The first-order valence-electron chi connectivity index (χ1n) is 11.6. The van der Waals surface area contributed by atoms with Crippen molar-refractivity contribution in [3.05, 3.63) is 54.1 Å². The van der Waals surface area contributed by atoms with Crippen LogP contribution in [0.15, 0.2) is 48.6 Å². The van der Waals surface area contributed by atoms with Gasteiger partial charge in [-0.25, -0.2) is 0 Å². The summed E-state index contributed by atoms with van der Waals surface area (Å²) in [5, 5.41) is 11.3. The van der Waals surface area contributed by atoms with Gasteiger partial charge in [-0.05, 0) is 31.1 Å². The molecule has 0 N–H and O–H groups in total. The Morgan fingerprint density at radius 3 is 2.20 bits per heavy atom. The number of ether oxygens (including phenoxy) is 2. The number of rotatable bonds is 15. The van der Waals surface area contributed by atoms with E-state index in [2.05, 4.69) is 13.8 Å². The van der Waals surface area contributed by atoms with Crippen molar-refractivity contribution in [2.45, 2.75) is 77.2 Å². The Labute approximate surface area is 182 Å². The van der Waals surface area contributed by atoms with Crippen LogP contribution in [-0.4, -0.2) is 19.2 Å². The highest BCUT2D eigenvalue weighted by Gasteiger charge is 2.33. The van der Waals surface area contributed by atoms with E-state index in [0.717, 1.165) is 43.4 Å². The summed E-state index contributed by atoms with van der Waals surface area (Å²) in [6.07, 6.45) is 17.4. The number of aliphatic carboxylic acids is 1. The molecule has 0 saturated heterocycles. The van der Waals surface area contributed by atoms with E-state index in [4.69, 9.17) is 9.47 Å². The lowest BCUT2D eigenvalue weighted by Gasteiger charge is -2.33. The lowest BCUT2D eigenvalue weighted by Crippen LogP contribution is -2.34. The summed E-state index contributed by atoms with van der Waals surface area (Å²) in [6.45, 7) is 5.66. The average Bonchev–Trinajstić information content (AvgIpc) is 2.76. The molecule has 1 aliphatic rings. The van der Waals surface area contributed by atoms with Crippen molar-refractivity contribution in [2.75, 3.05) is 13.2 Å². The zero-order valence-electron chi connectivity index (χ0n) is 18.6. The normalized spacial score (nSPS) is 20.4. The van der Waals surface area contributed by atoms with Gasteiger partial charge in [-0.15, -0.1) is 0 Å². The fourth-order valence-electron chi connectivity index (χ4n) is 3.70. The molecule has 0 heterocycles. The highest BCUT2D eigenvalue weighted by Crippen LogP contribution is 2.39. The molecule has 0 fully saturated rings. The number of para-hydroxylation sites is 1. The topological polar surface area (TPSA) is 58.6 Å². The first-order chi connectivity index (χ1) is 14.6. The molecular formula is C26H37O4-. The predicted octanol–water partition coefficient (Wildman–Crippen LogP) is 5.32. The Bertz CT molecular complexity index is 678. The lowest BCUT2D eigenvalue weighted by molar-refractivity contribution is -0.308. The molecule has 0 aromatic heterocycles. The summed E-state index contributed by atoms with van der Waals surface area (Å²) in [6, 6.07) is 7.89. The van der Waals surface area contributed by atoms with Gasteiger partial charge < -0.3 is 19.4 Å². The van der Waals surface area contributed by atoms with Crippen LogP contribution in [-0.2, 0) is 15.1 Å². The molecule has 0 radical (unpaired) electrons. The summed E-state index contributed by atoms with van der Waals surface area (Å²) in [4.78, 5) is 11.3. The van der Waals surface area contributed by atoms with Crippen LogP contribution in [0.1, 0.15) is 77.2 Å². The summed E-state index contributed by atoms with van der Waals surface area (Å²) < 4.78 is 12.5. The third-order valence-corrected chi connectivity index (χ3v) is 5.53. The van der Waals surface area contributed by atoms with E-state index < -0.39 is 17.5 Å². The summed E-state index contributed by atoms with van der Waals surface area (Å²) in [7, 11) is 0. The molecule has 1 aromatic rings. The number of carbonyl (C=O) groups excluding carboxylic acids is 1. The maximum absolute atomic E-state index is 11.3. The van der Waals surface area contributed by atoms with Gasteiger partial charge in [-0.3, -0.25) is 0 Å². The molecule has 0 atom stereocenters. The van der Waals surface area contributed by atoms with Crippen LogP contribution >= 0.6 is 0 Å². The van der Waals surface area contributed by atoms with Crippen LogP contribution in [0, 0.1) is 5.92 Å². The molecule has 0 saturated carbocycles. The first-order valence-corrected chi connectivity index (χ1v) is 11.6. The number of unbranched alkanes of at least 4 members (excludes halogenated alkanes) is 7. The molecule has 0 amide bonds. The van der Waals surface area contributed by atoms with E-state index in [1.807, 2.05) is 36.4 Å². The Kier molecular flexibility index (Phi) is 10.7. The highest BCUT2D eigenvalue weighted by molar-refractivity contribution is 5.73. The average molecular weight is 414 g/mol. The second kappa shape index (κ2) is 13.3. The second-order valence-electron chi connectivity index (χ2n) is 8.02. The van der Waals surface area contributed by atoms with Crippen molar-refractivity contribution in [3.8, 4) is 5.75 Å². The standard InChI is InChI=1S/C26H38O4/c1-3-5-7-8-9-13-21-30-26(18-16-22(17-19-26)25(27)28)23-14-10-11-15-24(23)29-20-12-6-4-2/h10-11,14-19,22H,3-9,12-13,20-21H2,1-2H3,(H,27,28)/p-1. The van der Waals surface area contributed by atoms with Gasteiger partial charge in [0.1, 0.15) is 11.4 Å². The highest BCUT2D eigenvalue weighted by atomic mass is 16.5. The van der Waals surface area contributed by atoms with Crippen LogP contribution in [0.25, 0.3) is 0 Å². The molecule has 0 bridgehead atoms. The number of benzene rings is 1. The molecule has 0 aliphatic heterocycles. The van der Waals surface area contributed by atoms with Crippen molar-refractivity contribution < 1.29 is 19.4 Å². The molecular weight excluding hydrogens is 376 g/mol. The monoisotopic (exact) mass is 413 g/mol. The summed E-state index contributed by atoms with van der Waals surface area (Å²) >= 11 is 0. The number of hydrogen-bond donors (Lipinski definition) is 0. The summed E-state index contributed by atoms with van der Waals surface area (Å²) in [5.41, 5.74) is 0.105. The third-order valence-electron chi connectivity index (χ3n) is 5.53. The van der Waals surface area contributed by atoms with Crippen molar-refractivity contribution in [3.63, 3.8) is 0 Å². The molecule has 4 heteroatoms. The molecule has 4 nitrogen and oxygen atoms in total. The SMILES string of the molecule is CCCCCCCCOC1(c2ccccc2OCCCCC)C=CC(C(=O)[O-])C=C1. The van der Waals surface area contributed by atoms with Gasteiger partial charge in [-0.1, -0.05) is 89.1 Å². The predicted molar refractivity (Wildman–Crippen MR) is 119 cm³/mol. The number of carboxylic acid groups (broad SMARTS) is 1. The molecule has 30 heavy (non-hydrogen) atoms. The molecule has 166 valence electrons. The van der Waals surface area contributed by atoms with Crippen LogP contribution in [0.4, 0.5) is 0 Å². The molecule has 0 unspecified atom stereocenters. The second-order valence-corrected chi connectivity index (χ2v) is 8.02. The van der Waals surface area contributed by atoms with Gasteiger partial charge in [0, 0.05) is 18.1 Å². The fourth-order valence-corrected chi connectivity index (χ4v) is 3.70. The van der Waals surface area contributed by atoms with Crippen LogP contribution in [0.5, 0.6) is 5.75 Å². The van der Waals surface area contributed by atoms with E-state index >= 15 is 0 Å². The molecule has 0 spiro atoms. The van der Waals surface area contributed by atoms with Gasteiger partial charge >= 0.3 is 0 Å². The Morgan fingerprint density at radius 2 is 1.50 bits per heavy atom. The van der Waals surface area contributed by atoms with Crippen LogP contribution in [0.3, 0.4) is 0 Å². The fraction of sp³-hybridized carbons (Fsp3) is 0.577. The maximum atomic E-state index is 11.3. The van der Waals surface area contributed by atoms with Crippen LogP contribution < -0.4 is 9.84 Å². The van der Waals surface area contributed by atoms with Gasteiger partial charge in [0.2, 0.25) is 0 Å². The zero-order valence-corrected chi connectivity index (χ0v) is 18.6. The Balaban J connectivity index is 2.12. The number of carboxylic acids is 1. The smallest absolute Gasteiger partial charge is 0.133 e. The van der Waals surface area contributed by atoms with E-state index in [1.54, 1.807) is 12.2 Å². The molecule has 1 aliphatic carbocycles. The van der Waals surface area contributed by atoms with Gasteiger partial charge in [0.05, 0.1) is 12.6 Å². The summed E-state index contributed by atoms with van der Waals surface area (Å²) in [5.74, 6) is -1.04. The van der Waals surface area contributed by atoms with Crippen LogP contribution in [0.2, 0.25) is 0 Å². The Hall–Kier alpha value is -2.07. The van der Waals surface area contributed by atoms with Gasteiger partial charge in [0.25, 0.3) is 0 Å². The molecule has 2 rings (SSSR count). The third kappa shape index (κ3) is 7.32. The van der Waals surface area contributed by atoms with Gasteiger partial charge in [0.15, 0.2) is 0 Å². The number of hydrogen-bond acceptors (Lipinski definition) is 4. The minimum absolute atomic E-state index is 0.612. The van der Waals surface area contributed by atoms with E-state index in [1.165, 1.54) is 25.7 Å². The van der Waals surface area contributed by atoms with E-state index in [-0.39, 0.29) is 0 Å². The zero-order chi connectivity index (χ0) is 21.7. The molecule has 1 aromatic carbocycles. The van der Waals surface area contributed by atoms with Gasteiger partial charge in [-0.2, -0.15) is 0 Å². The van der Waals surface area contributed by atoms with E-state index in [0.29, 0.717) is 13.2 Å². The van der Waals surface area contributed by atoms with E-state index in [9.17, 15) is 9.90 Å². The maximum Gasteiger partial charge on any atom is 0.133 e. The Morgan fingerprint density at radius 1 is 0.900 bits per heavy atom. The number of carbonyl (C=O) groups is 1. The van der Waals surface area contributed by atoms with Crippen molar-refractivity contribution >= 4 is 5.97 Å². The quantitative estimate of drug-likeness (QED) is 0.288. The largest absolute Gasteiger partial charge is 0.549 e. The lowest BCUT2D eigenvalue weighted by atomic mass is 9.85.